The van der Waals surface area contributed by atoms with Gasteiger partial charge in [0.05, 0.1) is 42.6 Å². The zero-order valence-corrected chi connectivity index (χ0v) is 19.0. The molecule has 1 fully saturated rings. The van der Waals surface area contributed by atoms with Gasteiger partial charge >= 0.3 is 6.01 Å². The third-order valence-electron chi connectivity index (χ3n) is 5.26. The van der Waals surface area contributed by atoms with Gasteiger partial charge in [0.1, 0.15) is 18.2 Å². The highest BCUT2D eigenvalue weighted by Gasteiger charge is 2.27. The van der Waals surface area contributed by atoms with E-state index in [-0.39, 0.29) is 25.0 Å². The fourth-order valence-electron chi connectivity index (χ4n) is 3.37. The Kier molecular flexibility index (Phi) is 7.46. The number of carbonyl (C=O) groups is 1. The largest absolute Gasteiger partial charge is 0.462 e. The second-order valence-corrected chi connectivity index (χ2v) is 8.19. The Morgan fingerprint density at radius 3 is 2.62 bits per heavy atom. The van der Waals surface area contributed by atoms with E-state index in [1.54, 1.807) is 24.4 Å². The molecule has 10 nitrogen and oxygen atoms in total. The summed E-state index contributed by atoms with van der Waals surface area (Å²) >= 11 is 0. The van der Waals surface area contributed by atoms with Gasteiger partial charge in [-0.05, 0) is 44.4 Å². The van der Waals surface area contributed by atoms with Crippen molar-refractivity contribution in [3.05, 3.63) is 48.2 Å². The van der Waals surface area contributed by atoms with Crippen LogP contribution in [0, 0.1) is 11.7 Å². The lowest BCUT2D eigenvalue weighted by Gasteiger charge is -2.27. The number of H-pyrrole nitrogens is 1. The highest BCUT2D eigenvalue weighted by Crippen LogP contribution is 2.30. The number of halogens is 1. The third-order valence-corrected chi connectivity index (χ3v) is 5.26. The minimum absolute atomic E-state index is 0.192. The summed E-state index contributed by atoms with van der Waals surface area (Å²) in [5, 5.41) is 0. The van der Waals surface area contributed by atoms with Gasteiger partial charge < -0.3 is 29.8 Å². The smallest absolute Gasteiger partial charge is 0.316 e. The van der Waals surface area contributed by atoms with Crippen LogP contribution in [0.3, 0.4) is 0 Å². The van der Waals surface area contributed by atoms with Gasteiger partial charge in [-0.2, -0.15) is 4.98 Å². The van der Waals surface area contributed by atoms with Crippen molar-refractivity contribution < 1.29 is 23.4 Å². The van der Waals surface area contributed by atoms with Crippen molar-refractivity contribution in [3.8, 4) is 28.7 Å². The molecule has 4 rings (SSSR count). The molecule has 1 aliphatic rings. The molecule has 0 atom stereocenters. The summed E-state index contributed by atoms with van der Waals surface area (Å²) in [6.07, 6.45) is 1.35. The third kappa shape index (κ3) is 5.93. The Morgan fingerprint density at radius 1 is 1.21 bits per heavy atom. The predicted octanol–water partition coefficient (Wildman–Crippen LogP) is 1.63. The molecule has 1 aromatic carbocycles. The number of hydrogen-bond acceptors (Lipinski definition) is 8. The minimum Gasteiger partial charge on any atom is -0.462 e. The van der Waals surface area contributed by atoms with Crippen molar-refractivity contribution >= 4 is 5.91 Å². The van der Waals surface area contributed by atoms with E-state index >= 15 is 0 Å². The fraction of sp³-hybridized carbons (Fsp3) is 0.391. The number of aromatic nitrogens is 4. The molecule has 1 aliphatic heterocycles. The van der Waals surface area contributed by atoms with Crippen LogP contribution in [-0.2, 0) is 20.7 Å². The highest BCUT2D eigenvalue weighted by atomic mass is 19.1. The van der Waals surface area contributed by atoms with Gasteiger partial charge in [0.25, 0.3) is 0 Å². The maximum absolute atomic E-state index is 13.5. The number of likely N-dealkylation sites (N-methyl/N-ethyl adjacent to an activating group) is 1. The van der Waals surface area contributed by atoms with Gasteiger partial charge in [-0.1, -0.05) is 0 Å². The van der Waals surface area contributed by atoms with E-state index in [0.717, 1.165) is 6.54 Å². The summed E-state index contributed by atoms with van der Waals surface area (Å²) in [6.45, 7) is 1.55. The second kappa shape index (κ2) is 10.7. The lowest BCUT2D eigenvalue weighted by Crippen LogP contribution is -2.40. The van der Waals surface area contributed by atoms with Gasteiger partial charge in [0.2, 0.25) is 5.91 Å². The maximum atomic E-state index is 13.5. The molecule has 3 aromatic rings. The van der Waals surface area contributed by atoms with Crippen LogP contribution in [0.2, 0.25) is 0 Å². The van der Waals surface area contributed by atoms with Gasteiger partial charge in [-0.15, -0.1) is 0 Å². The molecule has 0 spiro atoms. The monoisotopic (exact) mass is 470 g/mol. The summed E-state index contributed by atoms with van der Waals surface area (Å²) in [5.41, 5.74) is 7.83. The number of nitrogens with one attached hydrogen (secondary N) is 1. The molecule has 0 aliphatic carbocycles. The first-order valence-corrected chi connectivity index (χ1v) is 10.9. The number of nitrogens with two attached hydrogens (primary N) is 1. The normalized spacial score (nSPS) is 18.2. The number of rotatable bonds is 9. The van der Waals surface area contributed by atoms with Crippen LogP contribution in [0.1, 0.15) is 5.82 Å². The molecule has 3 heterocycles. The van der Waals surface area contributed by atoms with Crippen LogP contribution in [0.4, 0.5) is 4.39 Å². The van der Waals surface area contributed by atoms with Crippen LogP contribution >= 0.6 is 0 Å². The van der Waals surface area contributed by atoms with E-state index in [0.29, 0.717) is 41.5 Å². The molecule has 3 N–H and O–H groups in total. The van der Waals surface area contributed by atoms with Crippen molar-refractivity contribution in [1.29, 1.82) is 0 Å². The zero-order chi connectivity index (χ0) is 24.1. The van der Waals surface area contributed by atoms with Crippen LogP contribution in [-0.4, -0.2) is 77.5 Å². The maximum Gasteiger partial charge on any atom is 0.316 e. The Balaban J connectivity index is 1.59. The molecule has 1 amide bonds. The Morgan fingerprint density at radius 2 is 1.94 bits per heavy atom. The number of benzene rings is 1. The van der Waals surface area contributed by atoms with Crippen molar-refractivity contribution in [2.45, 2.75) is 12.7 Å². The van der Waals surface area contributed by atoms with Gasteiger partial charge in [0.15, 0.2) is 6.29 Å². The van der Waals surface area contributed by atoms with E-state index in [2.05, 4.69) is 15.0 Å². The molecule has 180 valence electrons. The van der Waals surface area contributed by atoms with Gasteiger partial charge in [0, 0.05) is 18.3 Å². The molecule has 0 bridgehead atoms. The topological polar surface area (TPSA) is 128 Å². The van der Waals surface area contributed by atoms with Gasteiger partial charge in [-0.25, -0.2) is 14.4 Å². The Labute approximate surface area is 196 Å². The number of aromatic amines is 1. The zero-order valence-electron chi connectivity index (χ0n) is 19.0. The predicted molar refractivity (Wildman–Crippen MR) is 121 cm³/mol. The number of ether oxygens (including phenoxy) is 3. The number of primary amides is 1. The molecule has 11 heteroatoms. The van der Waals surface area contributed by atoms with Gasteiger partial charge in [-0.3, -0.25) is 4.79 Å². The standard InChI is InChI=1S/C23H27FN6O4/c1-30(2)9-10-32-23-26-8-7-17(27-23)21-20(14-3-5-16(24)6-4-14)28-18(29-21)11-19-33-12-15(13-34-19)22(25)31/h3-8,15,19H,9-13H2,1-2H3,(H2,25,31)(H,28,29). The first-order chi connectivity index (χ1) is 16.4. The molecule has 2 aromatic heterocycles. The van der Waals surface area contributed by atoms with E-state index in [1.165, 1.54) is 12.1 Å². The molecule has 0 unspecified atom stereocenters. The Bertz CT molecular complexity index is 1110. The van der Waals surface area contributed by atoms with Crippen LogP contribution < -0.4 is 10.5 Å². The van der Waals surface area contributed by atoms with Crippen molar-refractivity contribution in [2.24, 2.45) is 11.7 Å². The van der Waals surface area contributed by atoms with Crippen LogP contribution in [0.15, 0.2) is 36.5 Å². The number of carbonyl (C=O) groups excluding carboxylic acids is 1. The SMILES string of the molecule is CN(C)CCOc1nccc(-c2[nH]c(CC3OCC(C(N)=O)CO3)nc2-c2ccc(F)cc2)n1. The second-order valence-electron chi connectivity index (χ2n) is 8.19. The van der Waals surface area contributed by atoms with E-state index in [1.807, 2.05) is 19.0 Å². The molecule has 0 saturated carbocycles. The minimum atomic E-state index is -0.578. The summed E-state index contributed by atoms with van der Waals surface area (Å²) in [6, 6.07) is 8.05. The summed E-state index contributed by atoms with van der Waals surface area (Å²) < 4.78 is 30.5. The van der Waals surface area contributed by atoms with E-state index in [9.17, 15) is 9.18 Å². The van der Waals surface area contributed by atoms with E-state index in [4.69, 9.17) is 24.9 Å². The van der Waals surface area contributed by atoms with Crippen molar-refractivity contribution in [2.75, 3.05) is 40.5 Å². The van der Waals surface area contributed by atoms with Crippen LogP contribution in [0.5, 0.6) is 6.01 Å². The highest BCUT2D eigenvalue weighted by molar-refractivity contribution is 5.77. The summed E-state index contributed by atoms with van der Waals surface area (Å²) in [5.74, 6) is -0.673. The molecule has 0 radical (unpaired) electrons. The summed E-state index contributed by atoms with van der Waals surface area (Å²) in [7, 11) is 3.91. The Hall–Kier alpha value is -3.41. The molecule has 1 saturated heterocycles. The fourth-order valence-corrected chi connectivity index (χ4v) is 3.37. The van der Waals surface area contributed by atoms with E-state index < -0.39 is 18.1 Å². The number of nitrogens with zero attached hydrogens (tertiary/aromatic N) is 4. The average Bonchev–Trinajstić information content (AvgIpc) is 3.23. The first-order valence-electron chi connectivity index (χ1n) is 10.9. The number of amides is 1. The first kappa shape index (κ1) is 23.7. The number of imidazole rings is 1. The summed E-state index contributed by atoms with van der Waals surface area (Å²) in [4.78, 5) is 30.0. The van der Waals surface area contributed by atoms with Crippen molar-refractivity contribution in [1.82, 2.24) is 24.8 Å². The molecular formula is C23H27FN6O4. The average molecular weight is 471 g/mol. The van der Waals surface area contributed by atoms with Crippen molar-refractivity contribution in [3.63, 3.8) is 0 Å². The lowest BCUT2D eigenvalue weighted by atomic mass is 10.1. The molecular weight excluding hydrogens is 443 g/mol. The number of hydrogen-bond donors (Lipinski definition) is 2. The quantitative estimate of drug-likeness (QED) is 0.483. The molecule has 34 heavy (non-hydrogen) atoms. The lowest BCUT2D eigenvalue weighted by molar-refractivity contribution is -0.199. The van der Waals surface area contributed by atoms with Crippen LogP contribution in [0.25, 0.3) is 22.6 Å².